The highest BCUT2D eigenvalue weighted by Gasteiger charge is 2.19. The second kappa shape index (κ2) is 6.38. The van der Waals surface area contributed by atoms with Crippen LogP contribution in [0.1, 0.15) is 12.0 Å². The molecule has 1 N–H and O–H groups in total. The molecule has 0 amide bonds. The number of hydrogen-bond donors (Lipinski definition) is 1. The lowest BCUT2D eigenvalue weighted by atomic mass is 10.0. The van der Waals surface area contributed by atoms with E-state index in [1.165, 1.54) is 22.8 Å². The van der Waals surface area contributed by atoms with E-state index >= 15 is 0 Å². The number of likely N-dealkylation sites (N-methyl/N-ethyl adjacent to an activating group) is 1. The molecule has 1 heterocycles. The van der Waals surface area contributed by atoms with Crippen molar-refractivity contribution in [1.29, 1.82) is 0 Å². The summed E-state index contributed by atoms with van der Waals surface area (Å²) in [4.78, 5) is 2.47. The van der Waals surface area contributed by atoms with Crippen LogP contribution in [-0.2, 0) is 6.54 Å². The Labute approximate surface area is 121 Å². The first kappa shape index (κ1) is 14.3. The van der Waals surface area contributed by atoms with Crippen LogP contribution in [-0.4, -0.2) is 31.1 Å². The van der Waals surface area contributed by atoms with E-state index in [0.717, 1.165) is 19.6 Å². The number of hydrogen-bond acceptors (Lipinski definition) is 2. The molecular weight excluding hydrogens is 256 g/mol. The van der Waals surface area contributed by atoms with Gasteiger partial charge in [-0.05, 0) is 36.3 Å². The highest BCUT2D eigenvalue weighted by atomic mass is 35.5. The molecule has 0 aliphatic carbocycles. The van der Waals surface area contributed by atoms with E-state index in [2.05, 4.69) is 59.7 Å². The normalized spacial score (nSPS) is 18.7. The van der Waals surface area contributed by atoms with Crippen molar-refractivity contribution < 1.29 is 0 Å². The van der Waals surface area contributed by atoms with Gasteiger partial charge in [-0.2, -0.15) is 0 Å². The fraction of sp³-hybridized carbons (Fsp3) is 0.375. The van der Waals surface area contributed by atoms with Gasteiger partial charge in [-0.15, -0.1) is 12.4 Å². The van der Waals surface area contributed by atoms with Gasteiger partial charge in [-0.25, -0.2) is 0 Å². The molecule has 0 radical (unpaired) electrons. The minimum Gasteiger partial charge on any atom is -0.315 e. The highest BCUT2D eigenvalue weighted by molar-refractivity contribution is 5.85. The van der Waals surface area contributed by atoms with Crippen LogP contribution in [0.2, 0.25) is 0 Å². The molecule has 1 aliphatic heterocycles. The molecule has 19 heavy (non-hydrogen) atoms. The minimum atomic E-state index is 0. The van der Waals surface area contributed by atoms with Crippen LogP contribution >= 0.6 is 12.4 Å². The second-order valence-corrected chi connectivity index (χ2v) is 5.20. The molecule has 2 nitrogen and oxygen atoms in total. The van der Waals surface area contributed by atoms with Gasteiger partial charge in [0.1, 0.15) is 0 Å². The van der Waals surface area contributed by atoms with E-state index < -0.39 is 0 Å². The smallest absolute Gasteiger partial charge is 0.0240 e. The van der Waals surface area contributed by atoms with Crippen LogP contribution in [0.3, 0.4) is 0 Å². The maximum absolute atomic E-state index is 3.43. The van der Waals surface area contributed by atoms with Crippen molar-refractivity contribution in [3.8, 4) is 0 Å². The van der Waals surface area contributed by atoms with Crippen LogP contribution in [0, 0.1) is 0 Å². The van der Waals surface area contributed by atoms with E-state index in [9.17, 15) is 0 Å². The molecule has 2 aromatic carbocycles. The zero-order chi connectivity index (χ0) is 12.4. The lowest BCUT2D eigenvalue weighted by Crippen LogP contribution is -2.32. The van der Waals surface area contributed by atoms with Crippen LogP contribution in [0.15, 0.2) is 42.5 Å². The third-order valence-corrected chi connectivity index (χ3v) is 3.96. The molecule has 1 atom stereocenters. The predicted molar refractivity (Wildman–Crippen MR) is 83.9 cm³/mol. The standard InChI is InChI=1S/C16H20N2.ClH/c1-18(15-9-10-17-11-15)12-14-7-4-6-13-5-2-3-8-16(13)14;/h2-8,15,17H,9-12H2,1H3;1H. The van der Waals surface area contributed by atoms with Crippen LogP contribution in [0.25, 0.3) is 10.8 Å². The summed E-state index contributed by atoms with van der Waals surface area (Å²) in [6.45, 7) is 3.32. The Kier molecular flexibility index (Phi) is 4.81. The van der Waals surface area contributed by atoms with E-state index in [4.69, 9.17) is 0 Å². The van der Waals surface area contributed by atoms with E-state index in [0.29, 0.717) is 6.04 Å². The molecular formula is C16H21ClN2. The summed E-state index contributed by atoms with van der Waals surface area (Å²) in [5.41, 5.74) is 1.43. The summed E-state index contributed by atoms with van der Waals surface area (Å²) < 4.78 is 0. The number of fused-ring (bicyclic) bond motifs is 1. The molecule has 3 rings (SSSR count). The lowest BCUT2D eigenvalue weighted by Gasteiger charge is -2.24. The molecule has 1 unspecified atom stereocenters. The Balaban J connectivity index is 0.00000133. The Bertz CT molecular complexity index is 530. The summed E-state index contributed by atoms with van der Waals surface area (Å²) in [6, 6.07) is 15.9. The van der Waals surface area contributed by atoms with E-state index in [1.807, 2.05) is 0 Å². The SMILES string of the molecule is CN(Cc1cccc2ccccc12)C1CCNC1.Cl. The summed E-state index contributed by atoms with van der Waals surface area (Å²) in [5, 5.41) is 6.16. The quantitative estimate of drug-likeness (QED) is 0.927. The van der Waals surface area contributed by atoms with Gasteiger partial charge in [0, 0.05) is 19.1 Å². The van der Waals surface area contributed by atoms with Crippen molar-refractivity contribution >= 4 is 23.2 Å². The number of halogens is 1. The van der Waals surface area contributed by atoms with Crippen molar-refractivity contribution in [1.82, 2.24) is 10.2 Å². The Morgan fingerprint density at radius 2 is 1.95 bits per heavy atom. The number of nitrogens with zero attached hydrogens (tertiary/aromatic N) is 1. The number of benzene rings is 2. The maximum atomic E-state index is 3.43. The van der Waals surface area contributed by atoms with Crippen LogP contribution < -0.4 is 5.32 Å². The topological polar surface area (TPSA) is 15.3 Å². The first-order valence-corrected chi connectivity index (χ1v) is 6.72. The number of rotatable bonds is 3. The Morgan fingerprint density at radius 1 is 1.16 bits per heavy atom. The van der Waals surface area contributed by atoms with Gasteiger partial charge in [-0.3, -0.25) is 4.90 Å². The van der Waals surface area contributed by atoms with Crippen molar-refractivity contribution in [3.05, 3.63) is 48.0 Å². The van der Waals surface area contributed by atoms with E-state index in [-0.39, 0.29) is 12.4 Å². The van der Waals surface area contributed by atoms with Gasteiger partial charge in [0.2, 0.25) is 0 Å². The molecule has 0 saturated carbocycles. The number of nitrogens with one attached hydrogen (secondary N) is 1. The van der Waals surface area contributed by atoms with Crippen molar-refractivity contribution in [2.75, 3.05) is 20.1 Å². The average molecular weight is 277 g/mol. The first-order chi connectivity index (χ1) is 8.84. The van der Waals surface area contributed by atoms with Crippen molar-refractivity contribution in [2.45, 2.75) is 19.0 Å². The highest BCUT2D eigenvalue weighted by Crippen LogP contribution is 2.21. The molecule has 0 bridgehead atoms. The largest absolute Gasteiger partial charge is 0.315 e. The molecule has 102 valence electrons. The predicted octanol–water partition coefficient (Wildman–Crippen LogP) is 3.06. The molecule has 0 aromatic heterocycles. The van der Waals surface area contributed by atoms with Gasteiger partial charge < -0.3 is 5.32 Å². The van der Waals surface area contributed by atoms with Gasteiger partial charge in [0.25, 0.3) is 0 Å². The van der Waals surface area contributed by atoms with Gasteiger partial charge in [-0.1, -0.05) is 42.5 Å². The van der Waals surface area contributed by atoms with Crippen molar-refractivity contribution in [3.63, 3.8) is 0 Å². The average Bonchev–Trinajstić information content (AvgIpc) is 2.93. The summed E-state index contributed by atoms with van der Waals surface area (Å²) >= 11 is 0. The monoisotopic (exact) mass is 276 g/mol. The zero-order valence-corrected chi connectivity index (χ0v) is 12.1. The molecule has 3 heteroatoms. The fourth-order valence-electron chi connectivity index (χ4n) is 2.84. The lowest BCUT2D eigenvalue weighted by molar-refractivity contribution is 0.250. The molecule has 1 saturated heterocycles. The third kappa shape index (κ3) is 3.08. The van der Waals surface area contributed by atoms with Crippen molar-refractivity contribution in [2.24, 2.45) is 0 Å². The molecule has 1 aliphatic rings. The van der Waals surface area contributed by atoms with Crippen LogP contribution in [0.4, 0.5) is 0 Å². The molecule has 1 fully saturated rings. The Hall–Kier alpha value is -1.09. The second-order valence-electron chi connectivity index (χ2n) is 5.20. The van der Waals surface area contributed by atoms with Crippen LogP contribution in [0.5, 0.6) is 0 Å². The fourth-order valence-corrected chi connectivity index (χ4v) is 2.84. The first-order valence-electron chi connectivity index (χ1n) is 6.72. The maximum Gasteiger partial charge on any atom is 0.0240 e. The minimum absolute atomic E-state index is 0. The van der Waals surface area contributed by atoms with E-state index in [1.54, 1.807) is 0 Å². The Morgan fingerprint density at radius 3 is 2.74 bits per heavy atom. The molecule has 2 aromatic rings. The third-order valence-electron chi connectivity index (χ3n) is 3.96. The zero-order valence-electron chi connectivity index (χ0n) is 11.3. The van der Waals surface area contributed by atoms with Gasteiger partial charge >= 0.3 is 0 Å². The summed E-state index contributed by atoms with van der Waals surface area (Å²) in [5.74, 6) is 0. The van der Waals surface area contributed by atoms with Gasteiger partial charge in [0.05, 0.1) is 0 Å². The van der Waals surface area contributed by atoms with Gasteiger partial charge in [0.15, 0.2) is 0 Å². The summed E-state index contributed by atoms with van der Waals surface area (Å²) in [7, 11) is 2.24. The molecule has 0 spiro atoms. The summed E-state index contributed by atoms with van der Waals surface area (Å²) in [6.07, 6.45) is 1.27.